The molecule has 2 amide bonds. The lowest BCUT2D eigenvalue weighted by Gasteiger charge is -2.20. The molecular formula is C19H22N2O2S. The highest BCUT2D eigenvalue weighted by Crippen LogP contribution is 2.23. The number of hydrogen-bond donors (Lipinski definition) is 1. The molecule has 2 aromatic rings. The van der Waals surface area contributed by atoms with Gasteiger partial charge in [-0.1, -0.05) is 35.9 Å². The van der Waals surface area contributed by atoms with Crippen LogP contribution in [-0.4, -0.2) is 35.6 Å². The van der Waals surface area contributed by atoms with Gasteiger partial charge >= 0.3 is 0 Å². The minimum atomic E-state index is -0.246. The van der Waals surface area contributed by atoms with Crippen LogP contribution in [0.1, 0.15) is 12.5 Å². The Kier molecular flexibility index (Phi) is 6.44. The van der Waals surface area contributed by atoms with Crippen molar-refractivity contribution in [2.24, 2.45) is 0 Å². The summed E-state index contributed by atoms with van der Waals surface area (Å²) in [6, 6.07) is 17.3. The van der Waals surface area contributed by atoms with Gasteiger partial charge in [-0.25, -0.2) is 0 Å². The summed E-state index contributed by atoms with van der Waals surface area (Å²) < 4.78 is 0. The average molecular weight is 342 g/mol. The normalized spacial score (nSPS) is 11.6. The molecule has 0 bridgehead atoms. The number of nitrogens with zero attached hydrogens (tertiary/aromatic N) is 1. The zero-order valence-electron chi connectivity index (χ0n) is 14.2. The van der Waals surface area contributed by atoms with Gasteiger partial charge in [-0.3, -0.25) is 9.59 Å². The number of nitrogens with one attached hydrogen (secondary N) is 1. The molecule has 5 heteroatoms. The van der Waals surface area contributed by atoms with Gasteiger partial charge in [0, 0.05) is 17.6 Å². The first kappa shape index (κ1) is 18.1. The van der Waals surface area contributed by atoms with Crippen molar-refractivity contribution in [3.8, 4) is 0 Å². The Bertz CT molecular complexity index is 686. The highest BCUT2D eigenvalue weighted by molar-refractivity contribution is 8.00. The lowest BCUT2D eigenvalue weighted by atomic mass is 10.2. The molecule has 0 aliphatic carbocycles. The van der Waals surface area contributed by atoms with E-state index in [0.717, 1.165) is 16.1 Å². The lowest BCUT2D eigenvalue weighted by molar-refractivity contribution is -0.132. The molecule has 2 aromatic carbocycles. The van der Waals surface area contributed by atoms with Gasteiger partial charge in [0.25, 0.3) is 0 Å². The van der Waals surface area contributed by atoms with Crippen molar-refractivity contribution in [2.45, 2.75) is 24.0 Å². The van der Waals surface area contributed by atoms with E-state index in [9.17, 15) is 9.59 Å². The maximum atomic E-state index is 12.4. The van der Waals surface area contributed by atoms with Gasteiger partial charge in [0.15, 0.2) is 0 Å². The fraction of sp³-hybridized carbons (Fsp3) is 0.263. The number of hydrogen-bond acceptors (Lipinski definition) is 3. The molecule has 2 rings (SSSR count). The van der Waals surface area contributed by atoms with Crippen LogP contribution in [0.3, 0.4) is 0 Å². The molecule has 0 heterocycles. The summed E-state index contributed by atoms with van der Waals surface area (Å²) in [5, 5.41) is 2.56. The summed E-state index contributed by atoms with van der Waals surface area (Å²) in [4.78, 5) is 27.0. The van der Waals surface area contributed by atoms with Crippen LogP contribution in [0.15, 0.2) is 59.5 Å². The van der Waals surface area contributed by atoms with Gasteiger partial charge in [0.2, 0.25) is 11.8 Å². The first-order chi connectivity index (χ1) is 11.5. The molecule has 0 spiro atoms. The van der Waals surface area contributed by atoms with Gasteiger partial charge in [-0.05, 0) is 38.1 Å². The third kappa shape index (κ3) is 5.42. The third-order valence-corrected chi connectivity index (χ3v) is 4.60. The number of carbonyl (C=O) groups excluding carboxylic acids is 2. The van der Waals surface area contributed by atoms with Gasteiger partial charge in [0.1, 0.15) is 0 Å². The molecule has 4 nitrogen and oxygen atoms in total. The van der Waals surface area contributed by atoms with Crippen LogP contribution in [0.2, 0.25) is 0 Å². The van der Waals surface area contributed by atoms with E-state index in [0.29, 0.717) is 0 Å². The molecule has 0 fully saturated rings. The standard InChI is InChI=1S/C19H22N2O2S/c1-14-9-11-16(12-10-14)20-18(22)13-21(3)19(23)15(2)24-17-7-5-4-6-8-17/h4-12,15H,13H2,1-3H3,(H,20,22)/t15-/m0/s1. The minimum Gasteiger partial charge on any atom is -0.335 e. The van der Waals surface area contributed by atoms with E-state index in [1.165, 1.54) is 16.7 Å². The highest BCUT2D eigenvalue weighted by Gasteiger charge is 2.20. The molecule has 0 aliphatic heterocycles. The predicted molar refractivity (Wildman–Crippen MR) is 99.2 cm³/mol. The van der Waals surface area contributed by atoms with Crippen LogP contribution in [0, 0.1) is 6.92 Å². The van der Waals surface area contributed by atoms with Crippen LogP contribution in [0.25, 0.3) is 0 Å². The summed E-state index contributed by atoms with van der Waals surface area (Å²) in [5.74, 6) is -0.269. The Morgan fingerprint density at radius 1 is 1.08 bits per heavy atom. The summed E-state index contributed by atoms with van der Waals surface area (Å²) in [6.07, 6.45) is 0. The molecule has 126 valence electrons. The van der Waals surface area contributed by atoms with Crippen LogP contribution in [0.5, 0.6) is 0 Å². The zero-order valence-corrected chi connectivity index (χ0v) is 15.0. The van der Waals surface area contributed by atoms with Crippen molar-refractivity contribution in [1.82, 2.24) is 4.90 Å². The average Bonchev–Trinajstić information content (AvgIpc) is 2.57. The molecular weight excluding hydrogens is 320 g/mol. The fourth-order valence-corrected chi connectivity index (χ4v) is 3.20. The minimum absolute atomic E-state index is 0.0341. The molecule has 0 unspecified atom stereocenters. The third-order valence-electron chi connectivity index (χ3n) is 3.50. The van der Waals surface area contributed by atoms with Crippen molar-refractivity contribution < 1.29 is 9.59 Å². The van der Waals surface area contributed by atoms with Crippen LogP contribution >= 0.6 is 11.8 Å². The maximum absolute atomic E-state index is 12.4. The second-order valence-electron chi connectivity index (χ2n) is 5.68. The summed E-state index contributed by atoms with van der Waals surface area (Å²) in [7, 11) is 1.65. The monoisotopic (exact) mass is 342 g/mol. The van der Waals surface area contributed by atoms with Crippen LogP contribution in [-0.2, 0) is 9.59 Å². The number of benzene rings is 2. The molecule has 0 radical (unpaired) electrons. The van der Waals surface area contributed by atoms with E-state index in [1.807, 2.05) is 68.4 Å². The second kappa shape index (κ2) is 8.55. The first-order valence-electron chi connectivity index (χ1n) is 7.79. The van der Waals surface area contributed by atoms with Crippen molar-refractivity contribution >= 4 is 29.3 Å². The number of thioether (sulfide) groups is 1. The second-order valence-corrected chi connectivity index (χ2v) is 7.10. The summed E-state index contributed by atoms with van der Waals surface area (Å²) in [5.41, 5.74) is 1.87. The smallest absolute Gasteiger partial charge is 0.243 e. The number of amides is 2. The van der Waals surface area contributed by atoms with Gasteiger partial charge in [-0.2, -0.15) is 0 Å². The number of rotatable bonds is 6. The van der Waals surface area contributed by atoms with Crippen LogP contribution in [0.4, 0.5) is 5.69 Å². The number of carbonyl (C=O) groups is 2. The summed E-state index contributed by atoms with van der Waals surface area (Å²) in [6.45, 7) is 3.88. The van der Waals surface area contributed by atoms with Crippen molar-refractivity contribution in [1.29, 1.82) is 0 Å². The highest BCUT2D eigenvalue weighted by atomic mass is 32.2. The Hall–Kier alpha value is -2.27. The molecule has 0 aliphatic rings. The van der Waals surface area contributed by atoms with E-state index in [1.54, 1.807) is 7.05 Å². The Balaban J connectivity index is 1.86. The van der Waals surface area contributed by atoms with E-state index in [2.05, 4.69) is 5.32 Å². The number of anilines is 1. The fourth-order valence-electron chi connectivity index (χ4n) is 2.19. The topological polar surface area (TPSA) is 49.4 Å². The van der Waals surface area contributed by atoms with Crippen LogP contribution < -0.4 is 5.32 Å². The van der Waals surface area contributed by atoms with E-state index in [-0.39, 0.29) is 23.6 Å². The van der Waals surface area contributed by atoms with Gasteiger partial charge in [-0.15, -0.1) is 11.8 Å². The van der Waals surface area contributed by atoms with Gasteiger partial charge < -0.3 is 10.2 Å². The van der Waals surface area contributed by atoms with Crippen molar-refractivity contribution in [3.63, 3.8) is 0 Å². The zero-order chi connectivity index (χ0) is 17.5. The molecule has 24 heavy (non-hydrogen) atoms. The number of aryl methyl sites for hydroxylation is 1. The Labute approximate surface area is 147 Å². The maximum Gasteiger partial charge on any atom is 0.243 e. The lowest BCUT2D eigenvalue weighted by Crippen LogP contribution is -2.38. The molecule has 1 atom stereocenters. The number of likely N-dealkylation sites (N-methyl/N-ethyl adjacent to an activating group) is 1. The van der Waals surface area contributed by atoms with E-state index in [4.69, 9.17) is 0 Å². The van der Waals surface area contributed by atoms with E-state index < -0.39 is 0 Å². The largest absolute Gasteiger partial charge is 0.335 e. The molecule has 1 N–H and O–H groups in total. The predicted octanol–water partition coefficient (Wildman–Crippen LogP) is 3.57. The summed E-state index contributed by atoms with van der Waals surface area (Å²) >= 11 is 1.49. The quantitative estimate of drug-likeness (QED) is 0.817. The SMILES string of the molecule is Cc1ccc(NC(=O)CN(C)C(=O)[C@H](C)Sc2ccccc2)cc1. The van der Waals surface area contributed by atoms with Crippen molar-refractivity contribution in [2.75, 3.05) is 18.9 Å². The first-order valence-corrected chi connectivity index (χ1v) is 8.67. The molecule has 0 saturated carbocycles. The van der Waals surface area contributed by atoms with Crippen molar-refractivity contribution in [3.05, 3.63) is 60.2 Å². The Morgan fingerprint density at radius 3 is 2.33 bits per heavy atom. The Morgan fingerprint density at radius 2 is 1.71 bits per heavy atom. The molecule has 0 saturated heterocycles. The van der Waals surface area contributed by atoms with E-state index >= 15 is 0 Å². The van der Waals surface area contributed by atoms with Gasteiger partial charge in [0.05, 0.1) is 11.8 Å². The molecule has 0 aromatic heterocycles.